The van der Waals surface area contributed by atoms with Crippen LogP contribution in [0.15, 0.2) is 16.7 Å². The Bertz CT molecular complexity index is 443. The van der Waals surface area contributed by atoms with E-state index in [1.165, 1.54) is 51.0 Å². The van der Waals surface area contributed by atoms with E-state index in [0.717, 1.165) is 24.9 Å². The normalized spacial score (nSPS) is 24.4. The third-order valence-corrected chi connectivity index (χ3v) is 4.69. The van der Waals surface area contributed by atoms with E-state index >= 15 is 0 Å². The third kappa shape index (κ3) is 4.09. The highest BCUT2D eigenvalue weighted by Gasteiger charge is 2.28. The van der Waals surface area contributed by atoms with E-state index in [1.54, 1.807) is 0 Å². The van der Waals surface area contributed by atoms with Crippen LogP contribution in [0.5, 0.6) is 0 Å². The number of furan rings is 1. The Morgan fingerprint density at radius 2 is 2.14 bits per heavy atom. The zero-order chi connectivity index (χ0) is 14.7. The minimum absolute atomic E-state index is 0.516. The van der Waals surface area contributed by atoms with E-state index in [1.807, 2.05) is 6.26 Å². The number of fused-ring (bicyclic) bond motifs is 1. The summed E-state index contributed by atoms with van der Waals surface area (Å²) in [5, 5.41) is 3.44. The summed E-state index contributed by atoms with van der Waals surface area (Å²) < 4.78 is 5.76. The second kappa shape index (κ2) is 6.95. The van der Waals surface area contributed by atoms with Gasteiger partial charge >= 0.3 is 0 Å². The van der Waals surface area contributed by atoms with Crippen LogP contribution in [0.4, 0.5) is 0 Å². The SMILES string of the molecule is CC(C)NCc1coc(CN2CCCN3CCCC3C2)c1. The van der Waals surface area contributed by atoms with Gasteiger partial charge in [-0.05, 0) is 45.0 Å². The largest absolute Gasteiger partial charge is 0.468 e. The quantitative estimate of drug-likeness (QED) is 0.903. The molecule has 0 aliphatic carbocycles. The molecule has 0 amide bonds. The van der Waals surface area contributed by atoms with Crippen LogP contribution < -0.4 is 5.32 Å². The molecule has 0 radical (unpaired) electrons. The molecule has 3 rings (SSSR count). The summed E-state index contributed by atoms with van der Waals surface area (Å²) in [7, 11) is 0. The molecule has 1 aromatic rings. The first-order chi connectivity index (χ1) is 10.2. The second-order valence-electron chi connectivity index (χ2n) is 6.88. The van der Waals surface area contributed by atoms with Gasteiger partial charge in [-0.2, -0.15) is 0 Å². The van der Waals surface area contributed by atoms with Crippen molar-refractivity contribution in [3.05, 3.63) is 23.7 Å². The highest BCUT2D eigenvalue weighted by Crippen LogP contribution is 2.22. The highest BCUT2D eigenvalue weighted by molar-refractivity contribution is 5.12. The minimum Gasteiger partial charge on any atom is -0.468 e. The van der Waals surface area contributed by atoms with Crippen LogP contribution in [0.3, 0.4) is 0 Å². The van der Waals surface area contributed by atoms with Crippen LogP contribution in [0.1, 0.15) is 44.4 Å². The topological polar surface area (TPSA) is 31.7 Å². The third-order valence-electron chi connectivity index (χ3n) is 4.69. The van der Waals surface area contributed by atoms with Crippen molar-refractivity contribution in [1.82, 2.24) is 15.1 Å². The average Bonchev–Trinajstić information content (AvgIpc) is 3.03. The van der Waals surface area contributed by atoms with Crippen molar-refractivity contribution in [2.45, 2.75) is 58.3 Å². The monoisotopic (exact) mass is 291 g/mol. The fourth-order valence-corrected chi connectivity index (χ4v) is 3.57. The molecule has 0 spiro atoms. The molecule has 0 aromatic carbocycles. The van der Waals surface area contributed by atoms with E-state index in [0.29, 0.717) is 6.04 Å². The van der Waals surface area contributed by atoms with Gasteiger partial charge in [0.05, 0.1) is 12.8 Å². The molecule has 4 heteroatoms. The van der Waals surface area contributed by atoms with Gasteiger partial charge in [0.1, 0.15) is 5.76 Å². The maximum absolute atomic E-state index is 5.76. The van der Waals surface area contributed by atoms with Gasteiger partial charge in [-0.15, -0.1) is 0 Å². The lowest BCUT2D eigenvalue weighted by Crippen LogP contribution is -2.36. The molecule has 2 aliphatic rings. The van der Waals surface area contributed by atoms with Crippen molar-refractivity contribution >= 4 is 0 Å². The Morgan fingerprint density at radius 1 is 1.29 bits per heavy atom. The van der Waals surface area contributed by atoms with Gasteiger partial charge in [-0.1, -0.05) is 13.8 Å². The summed E-state index contributed by atoms with van der Waals surface area (Å²) in [4.78, 5) is 5.26. The van der Waals surface area contributed by atoms with E-state index in [9.17, 15) is 0 Å². The molecular formula is C17H29N3O. The molecule has 0 saturated carbocycles. The Labute approximate surface area is 128 Å². The maximum Gasteiger partial charge on any atom is 0.118 e. The summed E-state index contributed by atoms with van der Waals surface area (Å²) in [6.07, 6.45) is 5.95. The summed E-state index contributed by atoms with van der Waals surface area (Å²) in [6.45, 7) is 11.2. The number of nitrogens with zero attached hydrogens (tertiary/aromatic N) is 2. The fourth-order valence-electron chi connectivity index (χ4n) is 3.57. The summed E-state index contributed by atoms with van der Waals surface area (Å²) in [5.74, 6) is 1.11. The highest BCUT2D eigenvalue weighted by atomic mass is 16.3. The molecule has 118 valence electrons. The number of nitrogens with one attached hydrogen (secondary N) is 1. The summed E-state index contributed by atoms with van der Waals surface area (Å²) >= 11 is 0. The Kier molecular flexibility index (Phi) is 4.99. The van der Waals surface area contributed by atoms with Crippen LogP contribution in [0, 0.1) is 0 Å². The van der Waals surface area contributed by atoms with Crippen molar-refractivity contribution in [2.75, 3.05) is 26.2 Å². The molecule has 1 N–H and O–H groups in total. The van der Waals surface area contributed by atoms with Crippen LogP contribution in [-0.2, 0) is 13.1 Å². The van der Waals surface area contributed by atoms with Crippen LogP contribution in [-0.4, -0.2) is 48.1 Å². The van der Waals surface area contributed by atoms with Gasteiger partial charge < -0.3 is 9.73 Å². The van der Waals surface area contributed by atoms with Crippen molar-refractivity contribution in [3.8, 4) is 0 Å². The standard InChI is InChI=1S/C17H29N3O/c1-14(2)18-10-15-9-17(21-13-15)12-19-6-4-8-20-7-3-5-16(20)11-19/h9,13-14,16,18H,3-8,10-12H2,1-2H3. The first kappa shape index (κ1) is 15.1. The van der Waals surface area contributed by atoms with Gasteiger partial charge in [0.15, 0.2) is 0 Å². The molecule has 1 atom stereocenters. The molecule has 21 heavy (non-hydrogen) atoms. The van der Waals surface area contributed by atoms with Gasteiger partial charge in [-0.25, -0.2) is 0 Å². The van der Waals surface area contributed by atoms with Crippen molar-refractivity contribution in [2.24, 2.45) is 0 Å². The molecule has 0 bridgehead atoms. The lowest BCUT2D eigenvalue weighted by atomic mass is 10.2. The molecule has 1 aromatic heterocycles. The van der Waals surface area contributed by atoms with Gasteiger partial charge in [0.25, 0.3) is 0 Å². The Morgan fingerprint density at radius 3 is 3.00 bits per heavy atom. The van der Waals surface area contributed by atoms with E-state index in [-0.39, 0.29) is 0 Å². The summed E-state index contributed by atoms with van der Waals surface area (Å²) in [6, 6.07) is 3.51. The van der Waals surface area contributed by atoms with E-state index < -0.39 is 0 Å². The average molecular weight is 291 g/mol. The summed E-state index contributed by atoms with van der Waals surface area (Å²) in [5.41, 5.74) is 1.26. The fraction of sp³-hybridized carbons (Fsp3) is 0.765. The van der Waals surface area contributed by atoms with E-state index in [4.69, 9.17) is 4.42 Å². The molecule has 4 nitrogen and oxygen atoms in total. The molecule has 3 heterocycles. The number of rotatable bonds is 5. The first-order valence-electron chi connectivity index (χ1n) is 8.47. The van der Waals surface area contributed by atoms with E-state index in [2.05, 4.69) is 35.0 Å². The van der Waals surface area contributed by atoms with Crippen molar-refractivity contribution in [1.29, 1.82) is 0 Å². The molecule has 2 saturated heterocycles. The molecule has 2 fully saturated rings. The molecule has 1 unspecified atom stereocenters. The van der Waals surface area contributed by atoms with Crippen LogP contribution >= 0.6 is 0 Å². The number of hydrogen-bond acceptors (Lipinski definition) is 4. The zero-order valence-electron chi connectivity index (χ0n) is 13.5. The lowest BCUT2D eigenvalue weighted by molar-refractivity contribution is 0.205. The van der Waals surface area contributed by atoms with Crippen molar-refractivity contribution in [3.63, 3.8) is 0 Å². The van der Waals surface area contributed by atoms with Crippen LogP contribution in [0.25, 0.3) is 0 Å². The lowest BCUT2D eigenvalue weighted by Gasteiger charge is -2.24. The number of hydrogen-bond donors (Lipinski definition) is 1. The smallest absolute Gasteiger partial charge is 0.118 e. The molecule has 2 aliphatic heterocycles. The predicted octanol–water partition coefficient (Wildman–Crippen LogP) is 2.45. The minimum atomic E-state index is 0.516. The Balaban J connectivity index is 1.53. The zero-order valence-corrected chi connectivity index (χ0v) is 13.5. The van der Waals surface area contributed by atoms with Gasteiger partial charge in [0.2, 0.25) is 0 Å². The maximum atomic E-state index is 5.76. The Hall–Kier alpha value is -0.840. The van der Waals surface area contributed by atoms with Crippen LogP contribution in [0.2, 0.25) is 0 Å². The molecular weight excluding hydrogens is 262 g/mol. The van der Waals surface area contributed by atoms with Gasteiger partial charge in [0, 0.05) is 30.7 Å². The first-order valence-corrected chi connectivity index (χ1v) is 8.47. The van der Waals surface area contributed by atoms with Gasteiger partial charge in [-0.3, -0.25) is 9.80 Å². The predicted molar refractivity (Wildman–Crippen MR) is 85.2 cm³/mol. The van der Waals surface area contributed by atoms with Crippen molar-refractivity contribution < 1.29 is 4.42 Å². The second-order valence-corrected chi connectivity index (χ2v) is 6.88.